The van der Waals surface area contributed by atoms with E-state index in [9.17, 15) is 18.0 Å². The Morgan fingerprint density at radius 2 is 2.00 bits per heavy atom. The SMILES string of the molecule is O=C(NCc1cnc(N2C=CNN2)s1)c1ccc2c(c1)NC(=O)c1ccccc1S2(=O)=O. The van der Waals surface area contributed by atoms with Crippen molar-refractivity contribution in [3.05, 3.63) is 77.1 Å². The number of fused-ring (bicyclic) bond motifs is 2. The molecule has 10 nitrogen and oxygen atoms in total. The van der Waals surface area contributed by atoms with Crippen LogP contribution in [0.25, 0.3) is 0 Å². The first-order chi connectivity index (χ1) is 15.4. The van der Waals surface area contributed by atoms with Gasteiger partial charge in [0, 0.05) is 29.0 Å². The third-order valence-electron chi connectivity index (χ3n) is 4.86. The van der Waals surface area contributed by atoms with E-state index in [0.29, 0.717) is 5.13 Å². The Balaban J connectivity index is 1.36. The van der Waals surface area contributed by atoms with Crippen LogP contribution in [0, 0.1) is 0 Å². The fourth-order valence-electron chi connectivity index (χ4n) is 3.33. The van der Waals surface area contributed by atoms with Crippen LogP contribution in [-0.2, 0) is 16.4 Å². The van der Waals surface area contributed by atoms with E-state index >= 15 is 0 Å². The van der Waals surface area contributed by atoms with Gasteiger partial charge in [-0.25, -0.2) is 18.4 Å². The van der Waals surface area contributed by atoms with Crippen LogP contribution < -0.4 is 26.6 Å². The number of carbonyl (C=O) groups excluding carboxylic acids is 2. The lowest BCUT2D eigenvalue weighted by atomic mass is 10.1. The van der Waals surface area contributed by atoms with Crippen molar-refractivity contribution in [2.75, 3.05) is 10.3 Å². The Morgan fingerprint density at radius 1 is 1.16 bits per heavy atom. The van der Waals surface area contributed by atoms with Crippen molar-refractivity contribution in [3.63, 3.8) is 0 Å². The second-order valence-electron chi connectivity index (χ2n) is 6.90. The fraction of sp³-hybridized carbons (Fsp3) is 0.0500. The summed E-state index contributed by atoms with van der Waals surface area (Å²) in [5, 5.41) is 7.79. The van der Waals surface area contributed by atoms with E-state index in [2.05, 4.69) is 26.6 Å². The van der Waals surface area contributed by atoms with Gasteiger partial charge in [-0.05, 0) is 30.3 Å². The maximum absolute atomic E-state index is 13.0. The maximum Gasteiger partial charge on any atom is 0.257 e. The van der Waals surface area contributed by atoms with E-state index < -0.39 is 21.7 Å². The summed E-state index contributed by atoms with van der Waals surface area (Å²) in [6.45, 7) is 0.245. The molecule has 0 aliphatic carbocycles. The van der Waals surface area contributed by atoms with Crippen LogP contribution in [0.2, 0.25) is 0 Å². The average molecular weight is 469 g/mol. The quantitative estimate of drug-likeness (QED) is 0.456. The highest BCUT2D eigenvalue weighted by molar-refractivity contribution is 7.91. The number of rotatable bonds is 4. The van der Waals surface area contributed by atoms with Crippen molar-refractivity contribution < 1.29 is 18.0 Å². The van der Waals surface area contributed by atoms with Crippen LogP contribution in [0.5, 0.6) is 0 Å². The Bertz CT molecular complexity index is 1380. The van der Waals surface area contributed by atoms with Crippen molar-refractivity contribution in [1.82, 2.24) is 21.3 Å². The number of hydrazine groups is 2. The van der Waals surface area contributed by atoms with Gasteiger partial charge in [-0.2, -0.15) is 0 Å². The van der Waals surface area contributed by atoms with Crippen LogP contribution in [0.15, 0.2) is 70.9 Å². The number of anilines is 2. The highest BCUT2D eigenvalue weighted by Crippen LogP contribution is 2.34. The first kappa shape index (κ1) is 20.2. The Labute approximate surface area is 186 Å². The second kappa shape index (κ2) is 7.75. The molecule has 32 heavy (non-hydrogen) atoms. The van der Waals surface area contributed by atoms with Gasteiger partial charge in [0.05, 0.1) is 27.6 Å². The van der Waals surface area contributed by atoms with Gasteiger partial charge in [0.2, 0.25) is 15.0 Å². The Hall–Kier alpha value is -3.74. The van der Waals surface area contributed by atoms with Gasteiger partial charge in [0.1, 0.15) is 0 Å². The third kappa shape index (κ3) is 3.49. The van der Waals surface area contributed by atoms with Crippen molar-refractivity contribution in [2.24, 2.45) is 0 Å². The molecule has 3 heterocycles. The van der Waals surface area contributed by atoms with Gasteiger partial charge < -0.3 is 16.1 Å². The normalized spacial score (nSPS) is 15.9. The van der Waals surface area contributed by atoms with Crippen LogP contribution in [0.4, 0.5) is 10.8 Å². The molecule has 3 aromatic rings. The minimum atomic E-state index is -3.92. The van der Waals surface area contributed by atoms with Gasteiger partial charge in [-0.15, -0.1) is 5.53 Å². The number of nitrogens with zero attached hydrogens (tertiary/aromatic N) is 2. The number of thiazole rings is 1. The van der Waals surface area contributed by atoms with E-state index in [1.807, 2.05) is 0 Å². The van der Waals surface area contributed by atoms with Crippen LogP contribution >= 0.6 is 11.3 Å². The molecule has 0 atom stereocenters. The summed E-state index contributed by atoms with van der Waals surface area (Å²) in [6, 6.07) is 10.1. The first-order valence-corrected chi connectivity index (χ1v) is 11.7. The lowest BCUT2D eigenvalue weighted by Gasteiger charge is -2.10. The molecule has 0 saturated heterocycles. The number of aromatic nitrogens is 1. The number of amides is 2. The zero-order chi connectivity index (χ0) is 22.3. The molecule has 2 aliphatic rings. The molecule has 0 saturated carbocycles. The number of hydrogen-bond acceptors (Lipinski definition) is 9. The van der Waals surface area contributed by atoms with E-state index in [0.717, 1.165) is 4.88 Å². The molecule has 2 aromatic carbocycles. The number of benzene rings is 2. The van der Waals surface area contributed by atoms with Gasteiger partial charge in [-0.1, -0.05) is 23.5 Å². The molecule has 162 valence electrons. The molecule has 2 amide bonds. The predicted octanol–water partition coefficient (Wildman–Crippen LogP) is 1.77. The smallest absolute Gasteiger partial charge is 0.257 e. The standard InChI is InChI=1S/C20H16N6O4S2/c27-18(21-10-13-11-22-20(31-13)26-8-7-23-25-26)12-5-6-17-15(9-12)24-19(28)14-3-1-2-4-16(14)32(17,29)30/h1-9,11,23,25H,10H2,(H,21,27)(H,24,28). The number of sulfone groups is 1. The molecule has 2 aliphatic heterocycles. The van der Waals surface area contributed by atoms with Crippen molar-refractivity contribution in [2.45, 2.75) is 16.3 Å². The molecule has 0 bridgehead atoms. The zero-order valence-corrected chi connectivity index (χ0v) is 18.0. The maximum atomic E-state index is 13.0. The second-order valence-corrected chi connectivity index (χ2v) is 9.88. The van der Waals surface area contributed by atoms with E-state index in [1.54, 1.807) is 35.7 Å². The lowest BCUT2D eigenvalue weighted by molar-refractivity contribution is 0.0949. The minimum Gasteiger partial charge on any atom is -0.347 e. The average Bonchev–Trinajstić information content (AvgIpc) is 3.47. The molecule has 0 unspecified atom stereocenters. The first-order valence-electron chi connectivity index (χ1n) is 9.43. The summed E-state index contributed by atoms with van der Waals surface area (Å²) in [7, 11) is -3.92. The van der Waals surface area contributed by atoms with Gasteiger partial charge in [-0.3, -0.25) is 9.59 Å². The van der Waals surface area contributed by atoms with Gasteiger partial charge >= 0.3 is 0 Å². The molecule has 0 fully saturated rings. The molecule has 1 aromatic heterocycles. The predicted molar refractivity (Wildman–Crippen MR) is 117 cm³/mol. The summed E-state index contributed by atoms with van der Waals surface area (Å²) in [5.74, 6) is -0.950. The number of nitrogens with one attached hydrogen (secondary N) is 4. The summed E-state index contributed by atoms with van der Waals surface area (Å²) < 4.78 is 26.1. The third-order valence-corrected chi connectivity index (χ3v) is 7.73. The van der Waals surface area contributed by atoms with Crippen LogP contribution in [-0.4, -0.2) is 25.2 Å². The highest BCUT2D eigenvalue weighted by Gasteiger charge is 2.31. The molecule has 0 radical (unpaired) electrons. The van der Waals surface area contributed by atoms with Crippen molar-refractivity contribution in [3.8, 4) is 0 Å². The lowest BCUT2D eigenvalue weighted by Crippen LogP contribution is -2.35. The van der Waals surface area contributed by atoms with Crippen LogP contribution in [0.3, 0.4) is 0 Å². The molecule has 4 N–H and O–H groups in total. The highest BCUT2D eigenvalue weighted by atomic mass is 32.2. The number of hydrogen-bond donors (Lipinski definition) is 4. The van der Waals surface area contributed by atoms with E-state index in [1.165, 1.54) is 41.7 Å². The van der Waals surface area contributed by atoms with Crippen molar-refractivity contribution >= 4 is 43.8 Å². The summed E-state index contributed by atoms with van der Waals surface area (Å²) >= 11 is 1.40. The molecular formula is C20H16N6O4S2. The van der Waals surface area contributed by atoms with Gasteiger partial charge in [0.25, 0.3) is 11.8 Å². The Kier molecular flexibility index (Phi) is 4.89. The van der Waals surface area contributed by atoms with Crippen LogP contribution in [0.1, 0.15) is 25.6 Å². The zero-order valence-electron chi connectivity index (χ0n) is 16.3. The van der Waals surface area contributed by atoms with E-state index in [-0.39, 0.29) is 33.2 Å². The molecule has 5 rings (SSSR count). The summed E-state index contributed by atoms with van der Waals surface area (Å²) in [4.78, 5) is 30.2. The van der Waals surface area contributed by atoms with Gasteiger partial charge in [0.15, 0.2) is 0 Å². The Morgan fingerprint density at radius 3 is 2.81 bits per heavy atom. The molecular weight excluding hydrogens is 452 g/mol. The minimum absolute atomic E-state index is 0.0563. The largest absolute Gasteiger partial charge is 0.347 e. The van der Waals surface area contributed by atoms with E-state index in [4.69, 9.17) is 0 Å². The molecule has 0 spiro atoms. The topological polar surface area (TPSA) is 133 Å². The monoisotopic (exact) mass is 468 g/mol. The fourth-order valence-corrected chi connectivity index (χ4v) is 5.71. The summed E-state index contributed by atoms with van der Waals surface area (Å²) in [5.41, 5.74) is 6.05. The summed E-state index contributed by atoms with van der Waals surface area (Å²) in [6.07, 6.45) is 5.16. The van der Waals surface area contributed by atoms with Crippen molar-refractivity contribution in [1.29, 1.82) is 0 Å². The number of carbonyl (C=O) groups is 2. The molecule has 12 heteroatoms.